The lowest BCUT2D eigenvalue weighted by Gasteiger charge is -2.12. The largest absolute Gasteiger partial charge is 0.355 e. The van der Waals surface area contributed by atoms with Crippen LogP contribution < -0.4 is 0 Å². The van der Waals surface area contributed by atoms with Crippen LogP contribution in [0.5, 0.6) is 0 Å². The summed E-state index contributed by atoms with van der Waals surface area (Å²) in [6.45, 7) is 19.2. The number of H-pyrrole nitrogens is 1. The Hall–Kier alpha value is -3.40. The van der Waals surface area contributed by atoms with Crippen LogP contribution in [0.1, 0.15) is 118 Å². The first-order chi connectivity index (χ1) is 19.5. The second kappa shape index (κ2) is 11.6. The van der Waals surface area contributed by atoms with E-state index in [1.54, 1.807) is 0 Å². The van der Waals surface area contributed by atoms with Crippen LogP contribution in [-0.4, -0.2) is 19.5 Å². The minimum atomic E-state index is 0.919. The number of aryl methyl sites for hydroxylation is 7. The van der Waals surface area contributed by atoms with Crippen molar-refractivity contribution in [1.29, 1.82) is 0 Å². The average molecular weight is 535 g/mol. The Balaban J connectivity index is 2.15. The van der Waals surface area contributed by atoms with Crippen molar-refractivity contribution in [3.8, 4) is 0 Å². The topological polar surface area (TPSA) is 46.5 Å². The first-order valence-corrected chi connectivity index (χ1v) is 15.7. The molecule has 2 aliphatic heterocycles. The lowest BCUT2D eigenvalue weighted by atomic mass is 9.98. The number of aromatic nitrogens is 4. The van der Waals surface area contributed by atoms with Gasteiger partial charge in [0.2, 0.25) is 0 Å². The van der Waals surface area contributed by atoms with Gasteiger partial charge < -0.3 is 9.55 Å². The Bertz CT molecular complexity index is 1670. The van der Waals surface area contributed by atoms with E-state index in [-0.39, 0.29) is 0 Å². The molecule has 2 aliphatic rings. The molecule has 3 aromatic heterocycles. The lowest BCUT2D eigenvalue weighted by molar-refractivity contribution is 0.810. The van der Waals surface area contributed by atoms with Gasteiger partial charge in [0.05, 0.1) is 33.8 Å². The summed E-state index contributed by atoms with van der Waals surface area (Å²) in [7, 11) is 0. The van der Waals surface area contributed by atoms with E-state index < -0.39 is 0 Å². The Morgan fingerprint density at radius 1 is 0.550 bits per heavy atom. The van der Waals surface area contributed by atoms with E-state index in [2.05, 4.69) is 95.3 Å². The Morgan fingerprint density at radius 2 is 1.05 bits per heavy atom. The average Bonchev–Trinajstić information content (AvgIpc) is 3.77. The first-order valence-electron chi connectivity index (χ1n) is 15.7. The van der Waals surface area contributed by atoms with Gasteiger partial charge in [-0.1, -0.05) is 48.5 Å². The van der Waals surface area contributed by atoms with Gasteiger partial charge in [-0.15, -0.1) is 0 Å². The van der Waals surface area contributed by atoms with Gasteiger partial charge in [-0.25, -0.2) is 9.97 Å². The van der Waals surface area contributed by atoms with Gasteiger partial charge >= 0.3 is 0 Å². The highest BCUT2D eigenvalue weighted by atomic mass is 15.0. The highest BCUT2D eigenvalue weighted by molar-refractivity contribution is 5.90. The van der Waals surface area contributed by atoms with Gasteiger partial charge in [0.15, 0.2) is 0 Å². The van der Waals surface area contributed by atoms with Gasteiger partial charge in [-0.3, -0.25) is 0 Å². The van der Waals surface area contributed by atoms with Crippen LogP contribution >= 0.6 is 0 Å². The normalized spacial score (nSPS) is 12.8. The predicted molar refractivity (Wildman–Crippen MR) is 174 cm³/mol. The van der Waals surface area contributed by atoms with Gasteiger partial charge in [0, 0.05) is 39.8 Å². The van der Waals surface area contributed by atoms with Crippen molar-refractivity contribution in [3.05, 3.63) is 68.3 Å². The minimum Gasteiger partial charge on any atom is -0.355 e. The van der Waals surface area contributed by atoms with Gasteiger partial charge in [-0.2, -0.15) is 0 Å². The number of allylic oxidation sites excluding steroid dienone is 1. The fourth-order valence-corrected chi connectivity index (χ4v) is 7.02. The molecule has 5 rings (SSSR count). The van der Waals surface area contributed by atoms with E-state index in [4.69, 9.17) is 9.97 Å². The smallest absolute Gasteiger partial charge is 0.0722 e. The highest BCUT2D eigenvalue weighted by Crippen LogP contribution is 2.37. The number of hydrogen-bond donors (Lipinski definition) is 1. The highest BCUT2D eigenvalue weighted by Gasteiger charge is 2.23. The van der Waals surface area contributed by atoms with Crippen LogP contribution in [0.15, 0.2) is 12.1 Å². The van der Waals surface area contributed by atoms with E-state index in [0.717, 1.165) is 79.6 Å². The molecule has 5 heterocycles. The van der Waals surface area contributed by atoms with Crippen molar-refractivity contribution >= 4 is 45.9 Å². The molecule has 0 atom stereocenters. The van der Waals surface area contributed by atoms with E-state index in [0.29, 0.717) is 0 Å². The summed E-state index contributed by atoms with van der Waals surface area (Å²) in [4.78, 5) is 14.5. The fourth-order valence-electron chi connectivity index (χ4n) is 7.02. The molecule has 0 saturated heterocycles. The molecule has 0 saturated carbocycles. The zero-order chi connectivity index (χ0) is 28.6. The second-order valence-corrected chi connectivity index (χ2v) is 10.8. The maximum Gasteiger partial charge on any atom is 0.0722 e. The maximum absolute atomic E-state index is 5.45. The summed E-state index contributed by atoms with van der Waals surface area (Å²) < 4.78 is 2.61. The molecule has 0 spiro atoms. The SMILES string of the molecule is CCC1=Cc2nc1c(CC)c1c(CC)c(CC)c(c(CC)c3nc(c(CC)c4ccc([nH]4)c2CC)C=C3)n1CC. The molecule has 0 radical (unpaired) electrons. The third kappa shape index (κ3) is 4.36. The number of rotatable bonds is 8. The van der Waals surface area contributed by atoms with Crippen LogP contribution in [0.3, 0.4) is 0 Å². The number of hydrogen-bond acceptors (Lipinski definition) is 2. The van der Waals surface area contributed by atoms with Crippen molar-refractivity contribution in [3.63, 3.8) is 0 Å². The second-order valence-electron chi connectivity index (χ2n) is 10.8. The van der Waals surface area contributed by atoms with Crippen LogP contribution in [0.25, 0.3) is 45.9 Å². The molecule has 210 valence electrons. The first kappa shape index (κ1) is 28.1. The summed E-state index contributed by atoms with van der Waals surface area (Å²) >= 11 is 0. The Morgan fingerprint density at radius 3 is 1.55 bits per heavy atom. The third-order valence-electron chi connectivity index (χ3n) is 8.90. The quantitative estimate of drug-likeness (QED) is 0.245. The van der Waals surface area contributed by atoms with E-state index in [1.165, 1.54) is 55.7 Å². The molecule has 0 aliphatic carbocycles. The zero-order valence-electron chi connectivity index (χ0n) is 25.9. The number of aromatic amines is 1. The van der Waals surface area contributed by atoms with Crippen LogP contribution in [0, 0.1) is 0 Å². The van der Waals surface area contributed by atoms with Crippen molar-refractivity contribution in [2.75, 3.05) is 0 Å². The molecular weight excluding hydrogens is 488 g/mol. The van der Waals surface area contributed by atoms with Crippen LogP contribution in [0.4, 0.5) is 0 Å². The molecular formula is C36H46N4. The molecule has 0 amide bonds. The summed E-state index contributed by atoms with van der Waals surface area (Å²) in [5, 5.41) is 0. The van der Waals surface area contributed by atoms with E-state index in [9.17, 15) is 0 Å². The third-order valence-corrected chi connectivity index (χ3v) is 8.90. The molecule has 4 nitrogen and oxygen atoms in total. The molecule has 0 fully saturated rings. The molecule has 3 aromatic rings. The summed E-state index contributed by atoms with van der Waals surface area (Å²) in [5.74, 6) is 0. The van der Waals surface area contributed by atoms with Crippen molar-refractivity contribution in [2.24, 2.45) is 0 Å². The lowest BCUT2D eigenvalue weighted by Crippen LogP contribution is -2.02. The zero-order valence-corrected chi connectivity index (χ0v) is 25.9. The number of nitrogens with one attached hydrogen (secondary N) is 1. The molecule has 4 heteroatoms. The van der Waals surface area contributed by atoms with Gasteiger partial charge in [-0.05, 0) is 98.9 Å². The monoisotopic (exact) mass is 534 g/mol. The van der Waals surface area contributed by atoms with Crippen molar-refractivity contribution in [2.45, 2.75) is 107 Å². The molecule has 8 bridgehead atoms. The molecule has 0 unspecified atom stereocenters. The van der Waals surface area contributed by atoms with Gasteiger partial charge in [0.1, 0.15) is 0 Å². The standard InChI is InChI=1S/C36H46N4/c1-9-22-21-33-26(13-5)31-18-17-29(37-31)25(12-4)30-19-20-32(38-30)27(14-6)35-23(10-2)24(11-3)36(40(35)16-8)28(15-7)34(22)39-33/h17-21,37H,9-16H2,1-8H3. The minimum absolute atomic E-state index is 0.919. The maximum atomic E-state index is 5.45. The van der Waals surface area contributed by atoms with Gasteiger partial charge in [0.25, 0.3) is 0 Å². The molecule has 0 aromatic carbocycles. The van der Waals surface area contributed by atoms with Crippen LogP contribution in [0.2, 0.25) is 0 Å². The number of fused-ring (bicyclic) bond motifs is 8. The van der Waals surface area contributed by atoms with E-state index in [1.807, 2.05) is 0 Å². The Labute approximate surface area is 240 Å². The predicted octanol–water partition coefficient (Wildman–Crippen LogP) is 9.30. The summed E-state index contributed by atoms with van der Waals surface area (Å²) in [5.41, 5.74) is 19.2. The molecule has 40 heavy (non-hydrogen) atoms. The molecule has 1 N–H and O–H groups in total. The summed E-state index contributed by atoms with van der Waals surface area (Å²) in [6.07, 6.45) is 13.6. The van der Waals surface area contributed by atoms with Crippen LogP contribution in [-0.2, 0) is 45.1 Å². The number of nitrogens with zero attached hydrogens (tertiary/aromatic N) is 3. The fraction of sp³-hybridized carbons (Fsp3) is 0.444. The Kier molecular flexibility index (Phi) is 8.16. The summed E-state index contributed by atoms with van der Waals surface area (Å²) in [6, 6.07) is 4.46. The van der Waals surface area contributed by atoms with Crippen molar-refractivity contribution in [1.82, 2.24) is 19.5 Å². The van der Waals surface area contributed by atoms with Crippen molar-refractivity contribution < 1.29 is 0 Å². The van der Waals surface area contributed by atoms with E-state index >= 15 is 0 Å².